The second-order valence-electron chi connectivity index (χ2n) is 9.65. The first-order valence-electron chi connectivity index (χ1n) is 13.5. The minimum Gasteiger partial charge on any atom is -0.504 e. The maximum atomic E-state index is 11.4. The number of nitrogens with two attached hydrogens (primary N) is 1. The third kappa shape index (κ3) is 7.70. The zero-order valence-corrected chi connectivity index (χ0v) is 23.7. The molecular weight excluding hydrogens is 549 g/mol. The average molecular weight is 584 g/mol. The van der Waals surface area contributed by atoms with Crippen molar-refractivity contribution in [1.82, 2.24) is 14.5 Å². The van der Waals surface area contributed by atoms with Crippen molar-refractivity contribution < 1.29 is 33.5 Å². The Kier molecular flexibility index (Phi) is 10.1. The molecule has 0 atom stereocenters. The number of aryl methyl sites for hydroxylation is 2. The zero-order valence-electron chi connectivity index (χ0n) is 22.8. The summed E-state index contributed by atoms with van der Waals surface area (Å²) in [5.74, 6) is 0.402. The van der Waals surface area contributed by atoms with Crippen LogP contribution in [0.2, 0.25) is 0 Å². The number of benzene rings is 2. The number of aliphatic imine (C=N–C) groups is 1. The standard InChI is InChI=1S/C28H34N5O7P/c1-2-3-10-24-32-25-26(33(24)17-20-8-4-9-23(27(20)35)40-41(36,37)38)21-16-19(11-12-22(21)31-28(25)29)7-5-14-39-15-6-13-30-18-34/h4,8-9,11-12,16,35H,2-3,5-7,10,13-15,17H2,1H3,(H2,29,31)(H2,36,37,38). The highest BCUT2D eigenvalue weighted by Crippen LogP contribution is 2.43. The van der Waals surface area contributed by atoms with Gasteiger partial charge in [0, 0.05) is 30.6 Å². The summed E-state index contributed by atoms with van der Waals surface area (Å²) >= 11 is 0. The predicted octanol–water partition coefficient (Wildman–Crippen LogP) is 4.41. The maximum Gasteiger partial charge on any atom is 0.524 e. The summed E-state index contributed by atoms with van der Waals surface area (Å²) in [6.45, 7) is 3.77. The fourth-order valence-corrected chi connectivity index (χ4v) is 5.10. The van der Waals surface area contributed by atoms with Crippen molar-refractivity contribution in [2.24, 2.45) is 4.99 Å². The number of anilines is 1. The normalized spacial score (nSPS) is 11.7. The van der Waals surface area contributed by atoms with Crippen LogP contribution in [0.5, 0.6) is 11.5 Å². The monoisotopic (exact) mass is 583 g/mol. The van der Waals surface area contributed by atoms with Crippen molar-refractivity contribution in [2.45, 2.75) is 52.0 Å². The molecule has 0 fully saturated rings. The minimum absolute atomic E-state index is 0.171. The number of isocyanates is 1. The van der Waals surface area contributed by atoms with Crippen LogP contribution in [0.15, 0.2) is 41.4 Å². The predicted molar refractivity (Wildman–Crippen MR) is 155 cm³/mol. The molecule has 41 heavy (non-hydrogen) atoms. The minimum atomic E-state index is -4.86. The first-order chi connectivity index (χ1) is 19.7. The number of imidazole rings is 1. The van der Waals surface area contributed by atoms with E-state index in [-0.39, 0.29) is 18.0 Å². The molecule has 2 aromatic heterocycles. The molecule has 0 bridgehead atoms. The highest BCUT2D eigenvalue weighted by atomic mass is 31.2. The Labute approximate surface area is 237 Å². The number of aromatic nitrogens is 3. The number of ether oxygens (including phenoxy) is 1. The van der Waals surface area contributed by atoms with Crippen molar-refractivity contribution in [3.8, 4) is 11.5 Å². The van der Waals surface area contributed by atoms with Crippen LogP contribution in [0.1, 0.15) is 49.6 Å². The molecule has 0 saturated carbocycles. The molecule has 2 aromatic carbocycles. The van der Waals surface area contributed by atoms with Gasteiger partial charge in [-0.15, -0.1) is 0 Å². The number of hydrogen-bond donors (Lipinski definition) is 4. The number of pyridine rings is 1. The molecular formula is C28H34N5O7P. The largest absolute Gasteiger partial charge is 0.524 e. The summed E-state index contributed by atoms with van der Waals surface area (Å²) in [5.41, 5.74) is 9.89. The van der Waals surface area contributed by atoms with Gasteiger partial charge in [0.2, 0.25) is 6.08 Å². The van der Waals surface area contributed by atoms with E-state index in [2.05, 4.69) is 23.0 Å². The number of rotatable bonds is 15. The number of phosphoric ester groups is 1. The van der Waals surface area contributed by atoms with Crippen molar-refractivity contribution in [3.63, 3.8) is 0 Å². The quantitative estimate of drug-likeness (QED) is 0.0677. The molecule has 218 valence electrons. The van der Waals surface area contributed by atoms with Crippen LogP contribution in [-0.2, 0) is 33.5 Å². The molecule has 0 amide bonds. The van der Waals surface area contributed by atoms with Gasteiger partial charge in [-0.3, -0.25) is 9.79 Å². The van der Waals surface area contributed by atoms with Crippen LogP contribution in [0.3, 0.4) is 0 Å². The zero-order chi connectivity index (χ0) is 29.4. The van der Waals surface area contributed by atoms with Gasteiger partial charge in [0.25, 0.3) is 0 Å². The lowest BCUT2D eigenvalue weighted by molar-refractivity contribution is 0.131. The molecule has 12 nitrogen and oxygen atoms in total. The maximum absolute atomic E-state index is 11.4. The van der Waals surface area contributed by atoms with Gasteiger partial charge in [0.1, 0.15) is 11.3 Å². The molecule has 2 heterocycles. The van der Waals surface area contributed by atoms with Gasteiger partial charge in [-0.25, -0.2) is 24.3 Å². The fourth-order valence-electron chi connectivity index (χ4n) is 4.69. The Hall–Kier alpha value is -3.79. The third-order valence-corrected chi connectivity index (χ3v) is 7.04. The second kappa shape index (κ2) is 13.7. The number of aromatic hydroxyl groups is 1. The Bertz CT molecular complexity index is 1610. The van der Waals surface area contributed by atoms with Crippen LogP contribution in [0.25, 0.3) is 21.9 Å². The van der Waals surface area contributed by atoms with E-state index in [1.807, 2.05) is 16.7 Å². The van der Waals surface area contributed by atoms with Crippen LogP contribution >= 0.6 is 7.82 Å². The number of nitrogen functional groups attached to an aromatic ring is 1. The molecule has 0 saturated heterocycles. The molecule has 0 spiro atoms. The highest BCUT2D eigenvalue weighted by molar-refractivity contribution is 7.46. The van der Waals surface area contributed by atoms with Crippen molar-refractivity contribution >= 4 is 41.7 Å². The number of phosphoric acid groups is 1. The second-order valence-corrected chi connectivity index (χ2v) is 10.8. The number of nitrogens with zero attached hydrogens (tertiary/aromatic N) is 4. The van der Waals surface area contributed by atoms with Gasteiger partial charge in [-0.2, -0.15) is 0 Å². The summed E-state index contributed by atoms with van der Waals surface area (Å²) in [5, 5.41) is 11.7. The van der Waals surface area contributed by atoms with Crippen LogP contribution < -0.4 is 10.3 Å². The van der Waals surface area contributed by atoms with Gasteiger partial charge < -0.3 is 24.7 Å². The molecule has 4 aromatic rings. The number of phenolic OH excluding ortho intramolecular Hbond substituents is 1. The van der Waals surface area contributed by atoms with Gasteiger partial charge in [-0.1, -0.05) is 31.5 Å². The molecule has 0 radical (unpaired) electrons. The lowest BCUT2D eigenvalue weighted by Gasteiger charge is -2.15. The molecule has 13 heteroatoms. The number of phenols is 1. The number of fused-ring (bicyclic) bond motifs is 3. The van der Waals surface area contributed by atoms with Crippen LogP contribution in [0, 0.1) is 0 Å². The van der Waals surface area contributed by atoms with E-state index in [0.29, 0.717) is 55.0 Å². The van der Waals surface area contributed by atoms with E-state index >= 15 is 0 Å². The Morgan fingerprint density at radius 3 is 2.66 bits per heavy atom. The summed E-state index contributed by atoms with van der Waals surface area (Å²) in [6.07, 6.45) is 6.26. The molecule has 5 N–H and O–H groups in total. The molecule has 4 rings (SSSR count). The molecule has 0 unspecified atom stereocenters. The fraction of sp³-hybridized carbons (Fsp3) is 0.393. The number of carbonyl (C=O) groups excluding carboxylic acids is 1. The van der Waals surface area contributed by atoms with Gasteiger partial charge in [-0.05, 0) is 49.4 Å². The van der Waals surface area contributed by atoms with Gasteiger partial charge in [0.15, 0.2) is 17.3 Å². The van der Waals surface area contributed by atoms with Crippen LogP contribution in [0.4, 0.5) is 5.82 Å². The molecule has 0 aliphatic carbocycles. The SMILES string of the molecule is CCCCc1nc2c(N)nc3ccc(CCCOCCCN=C=O)cc3c2n1Cc1cccc(OP(=O)(O)O)c1O. The van der Waals surface area contributed by atoms with E-state index in [1.165, 1.54) is 12.1 Å². The van der Waals surface area contributed by atoms with Gasteiger partial charge in [0.05, 0.1) is 24.1 Å². The lowest BCUT2D eigenvalue weighted by Crippen LogP contribution is -2.07. The van der Waals surface area contributed by atoms with E-state index in [1.54, 1.807) is 12.1 Å². The van der Waals surface area contributed by atoms with Crippen LogP contribution in [-0.4, -0.2) is 55.3 Å². The van der Waals surface area contributed by atoms with E-state index in [0.717, 1.165) is 48.0 Å². The highest BCUT2D eigenvalue weighted by Gasteiger charge is 2.22. The molecule has 0 aliphatic heterocycles. The van der Waals surface area contributed by atoms with E-state index < -0.39 is 7.82 Å². The van der Waals surface area contributed by atoms with E-state index in [4.69, 9.17) is 20.0 Å². The number of hydrogen-bond acceptors (Lipinski definition) is 9. The lowest BCUT2D eigenvalue weighted by atomic mass is 10.1. The van der Waals surface area contributed by atoms with E-state index in [9.17, 15) is 24.3 Å². The molecule has 0 aliphatic rings. The Morgan fingerprint density at radius 1 is 1.10 bits per heavy atom. The van der Waals surface area contributed by atoms with Gasteiger partial charge >= 0.3 is 7.82 Å². The first-order valence-corrected chi connectivity index (χ1v) is 15.0. The van der Waals surface area contributed by atoms with Crippen molar-refractivity contribution in [1.29, 1.82) is 0 Å². The summed E-state index contributed by atoms with van der Waals surface area (Å²) < 4.78 is 23.7. The Balaban J connectivity index is 1.69. The van der Waals surface area contributed by atoms with Crippen molar-refractivity contribution in [3.05, 3.63) is 53.3 Å². The number of para-hydroxylation sites is 1. The third-order valence-electron chi connectivity index (χ3n) is 6.61. The average Bonchev–Trinajstić information content (AvgIpc) is 3.29. The van der Waals surface area contributed by atoms with Crippen molar-refractivity contribution in [2.75, 3.05) is 25.5 Å². The Morgan fingerprint density at radius 2 is 1.90 bits per heavy atom. The smallest absolute Gasteiger partial charge is 0.504 e. The summed E-state index contributed by atoms with van der Waals surface area (Å²) in [6, 6.07) is 10.5. The first kappa shape index (κ1) is 30.2. The summed E-state index contributed by atoms with van der Waals surface area (Å²) in [4.78, 5) is 41.6. The summed E-state index contributed by atoms with van der Waals surface area (Å²) in [7, 11) is -4.86. The topological polar surface area (TPSA) is 182 Å². The number of unbranched alkanes of at least 4 members (excludes halogenated alkanes) is 1.